The molecule has 0 saturated heterocycles. The highest BCUT2D eigenvalue weighted by Crippen LogP contribution is 2.26. The molecule has 2 amide bonds. The minimum atomic E-state index is -0.361. The summed E-state index contributed by atoms with van der Waals surface area (Å²) in [5.41, 5.74) is 1.95. The van der Waals surface area contributed by atoms with Crippen LogP contribution in [0.1, 0.15) is 12.5 Å². The van der Waals surface area contributed by atoms with Crippen molar-refractivity contribution < 1.29 is 9.59 Å². The van der Waals surface area contributed by atoms with Crippen LogP contribution in [0.3, 0.4) is 0 Å². The highest BCUT2D eigenvalue weighted by atomic mass is 35.5. The van der Waals surface area contributed by atoms with Crippen LogP contribution in [-0.2, 0) is 9.59 Å². The number of amides is 2. The molecule has 2 aromatic carbocycles. The van der Waals surface area contributed by atoms with Gasteiger partial charge < -0.3 is 10.2 Å². The Balaban J connectivity index is 2.15. The maximum absolute atomic E-state index is 12.2. The van der Waals surface area contributed by atoms with Crippen LogP contribution in [0, 0.1) is 6.92 Å². The standard InChI is InChI=1S/C17H15Cl3N2O2/c1-10-3-5-13(8-15(10)19)22(11(2)23)9-17(24)21-12-4-6-14(18)16(20)7-12/h3-8H,9H2,1-2H3,(H,21,24). The summed E-state index contributed by atoms with van der Waals surface area (Å²) in [6.45, 7) is 3.11. The first-order valence-electron chi connectivity index (χ1n) is 7.07. The number of nitrogens with zero attached hydrogens (tertiary/aromatic N) is 1. The van der Waals surface area contributed by atoms with Gasteiger partial charge in [0.25, 0.3) is 0 Å². The zero-order chi connectivity index (χ0) is 17.9. The number of aryl methyl sites for hydroxylation is 1. The minimum absolute atomic E-state index is 0.144. The van der Waals surface area contributed by atoms with Gasteiger partial charge in [-0.2, -0.15) is 0 Å². The molecule has 7 heteroatoms. The third-order valence-electron chi connectivity index (χ3n) is 3.35. The summed E-state index contributed by atoms with van der Waals surface area (Å²) in [7, 11) is 0. The van der Waals surface area contributed by atoms with E-state index in [1.165, 1.54) is 11.8 Å². The molecule has 0 radical (unpaired) electrons. The van der Waals surface area contributed by atoms with Crippen molar-refractivity contribution in [2.75, 3.05) is 16.8 Å². The second-order valence-corrected chi connectivity index (χ2v) is 6.44. The van der Waals surface area contributed by atoms with Crippen LogP contribution in [0.5, 0.6) is 0 Å². The van der Waals surface area contributed by atoms with Gasteiger partial charge in [-0.1, -0.05) is 40.9 Å². The van der Waals surface area contributed by atoms with Crippen LogP contribution in [0.2, 0.25) is 15.1 Å². The fourth-order valence-corrected chi connectivity index (χ4v) is 2.52. The first kappa shape index (κ1) is 18.6. The topological polar surface area (TPSA) is 49.4 Å². The molecule has 126 valence electrons. The number of halogens is 3. The number of hydrogen-bond donors (Lipinski definition) is 1. The van der Waals surface area contributed by atoms with Gasteiger partial charge in [-0.15, -0.1) is 0 Å². The van der Waals surface area contributed by atoms with Gasteiger partial charge in [-0.05, 0) is 42.8 Å². The molecule has 1 N–H and O–H groups in total. The molecule has 2 aromatic rings. The number of benzene rings is 2. The number of carbonyl (C=O) groups excluding carboxylic acids is 2. The number of rotatable bonds is 4. The molecule has 0 fully saturated rings. The van der Waals surface area contributed by atoms with E-state index >= 15 is 0 Å². The summed E-state index contributed by atoms with van der Waals surface area (Å²) in [4.78, 5) is 25.5. The van der Waals surface area contributed by atoms with E-state index in [9.17, 15) is 9.59 Å². The van der Waals surface area contributed by atoms with Crippen LogP contribution in [0.4, 0.5) is 11.4 Å². The first-order valence-corrected chi connectivity index (χ1v) is 8.20. The van der Waals surface area contributed by atoms with Crippen LogP contribution in [0.15, 0.2) is 36.4 Å². The maximum atomic E-state index is 12.2. The number of hydrogen-bond acceptors (Lipinski definition) is 2. The normalized spacial score (nSPS) is 10.4. The van der Waals surface area contributed by atoms with Crippen molar-refractivity contribution in [3.05, 3.63) is 57.0 Å². The quantitative estimate of drug-likeness (QED) is 0.810. The largest absolute Gasteiger partial charge is 0.324 e. The van der Waals surface area contributed by atoms with Crippen LogP contribution < -0.4 is 10.2 Å². The van der Waals surface area contributed by atoms with Crippen molar-refractivity contribution >= 4 is 58.0 Å². The molecule has 0 atom stereocenters. The minimum Gasteiger partial charge on any atom is -0.324 e. The second kappa shape index (κ2) is 7.88. The predicted octanol–water partition coefficient (Wildman–Crippen LogP) is 4.95. The molecule has 0 bridgehead atoms. The Kier molecular flexibility index (Phi) is 6.10. The zero-order valence-electron chi connectivity index (χ0n) is 13.1. The molecule has 0 aliphatic heterocycles. The fraction of sp³-hybridized carbons (Fsp3) is 0.176. The summed E-state index contributed by atoms with van der Waals surface area (Å²) >= 11 is 17.9. The Bertz CT molecular complexity index is 793. The summed E-state index contributed by atoms with van der Waals surface area (Å²) in [6.07, 6.45) is 0. The summed E-state index contributed by atoms with van der Waals surface area (Å²) in [5.74, 6) is -0.625. The van der Waals surface area contributed by atoms with Gasteiger partial charge in [0.1, 0.15) is 6.54 Å². The monoisotopic (exact) mass is 384 g/mol. The average molecular weight is 386 g/mol. The third-order valence-corrected chi connectivity index (χ3v) is 4.50. The van der Waals surface area contributed by atoms with E-state index in [4.69, 9.17) is 34.8 Å². The van der Waals surface area contributed by atoms with Crippen LogP contribution in [0.25, 0.3) is 0 Å². The van der Waals surface area contributed by atoms with Gasteiger partial charge in [-0.25, -0.2) is 0 Å². The molecule has 0 aromatic heterocycles. The molecule has 0 unspecified atom stereocenters. The Labute approximate surface area is 155 Å². The third kappa shape index (κ3) is 4.63. The van der Waals surface area contributed by atoms with Gasteiger partial charge >= 0.3 is 0 Å². The lowest BCUT2D eigenvalue weighted by atomic mass is 10.2. The Morgan fingerprint density at radius 1 is 1.00 bits per heavy atom. The van der Waals surface area contributed by atoms with Crippen LogP contribution >= 0.6 is 34.8 Å². The number of anilines is 2. The van der Waals surface area contributed by atoms with E-state index in [0.29, 0.717) is 26.4 Å². The van der Waals surface area contributed by atoms with Gasteiger partial charge in [0.2, 0.25) is 11.8 Å². The fourth-order valence-electron chi connectivity index (χ4n) is 2.05. The van der Waals surface area contributed by atoms with Crippen molar-refractivity contribution in [2.45, 2.75) is 13.8 Å². The highest BCUT2D eigenvalue weighted by Gasteiger charge is 2.17. The van der Waals surface area contributed by atoms with Crippen molar-refractivity contribution in [3.63, 3.8) is 0 Å². The summed E-state index contributed by atoms with van der Waals surface area (Å²) in [5, 5.41) is 3.95. The maximum Gasteiger partial charge on any atom is 0.244 e. The molecular formula is C17H15Cl3N2O2. The molecule has 24 heavy (non-hydrogen) atoms. The average Bonchev–Trinajstić information content (AvgIpc) is 2.51. The molecular weight excluding hydrogens is 371 g/mol. The lowest BCUT2D eigenvalue weighted by Crippen LogP contribution is -2.36. The van der Waals surface area contributed by atoms with Gasteiger partial charge in [0.15, 0.2) is 0 Å². The number of carbonyl (C=O) groups is 2. The van der Waals surface area contributed by atoms with E-state index in [1.807, 2.05) is 6.92 Å². The van der Waals surface area contributed by atoms with Gasteiger partial charge in [0, 0.05) is 23.3 Å². The van der Waals surface area contributed by atoms with Gasteiger partial charge in [-0.3, -0.25) is 9.59 Å². The molecule has 0 heterocycles. The Morgan fingerprint density at radius 2 is 1.71 bits per heavy atom. The van der Waals surface area contributed by atoms with Crippen LogP contribution in [-0.4, -0.2) is 18.4 Å². The zero-order valence-corrected chi connectivity index (χ0v) is 15.3. The number of nitrogens with one attached hydrogen (secondary N) is 1. The van der Waals surface area contributed by atoms with Crippen molar-refractivity contribution in [2.24, 2.45) is 0 Å². The van der Waals surface area contributed by atoms with Crippen molar-refractivity contribution in [1.29, 1.82) is 0 Å². The van der Waals surface area contributed by atoms with E-state index in [0.717, 1.165) is 5.56 Å². The Hall–Kier alpha value is -1.75. The second-order valence-electron chi connectivity index (χ2n) is 5.22. The molecule has 2 rings (SSSR count). The van der Waals surface area contributed by atoms with Gasteiger partial charge in [0.05, 0.1) is 10.0 Å². The SMILES string of the molecule is CC(=O)N(CC(=O)Nc1ccc(Cl)c(Cl)c1)c1ccc(C)c(Cl)c1. The van der Waals surface area contributed by atoms with Crippen molar-refractivity contribution in [1.82, 2.24) is 0 Å². The summed E-state index contributed by atoms with van der Waals surface area (Å²) < 4.78 is 0. The van der Waals surface area contributed by atoms with E-state index in [1.54, 1.807) is 36.4 Å². The van der Waals surface area contributed by atoms with E-state index < -0.39 is 0 Å². The summed E-state index contributed by atoms with van der Waals surface area (Å²) in [6, 6.07) is 9.96. The lowest BCUT2D eigenvalue weighted by Gasteiger charge is -2.21. The van der Waals surface area contributed by atoms with E-state index in [-0.39, 0.29) is 18.4 Å². The lowest BCUT2D eigenvalue weighted by molar-refractivity contribution is -0.120. The molecule has 4 nitrogen and oxygen atoms in total. The molecule has 0 aliphatic rings. The van der Waals surface area contributed by atoms with E-state index in [2.05, 4.69) is 5.32 Å². The first-order chi connectivity index (χ1) is 11.3. The predicted molar refractivity (Wildman–Crippen MR) is 99.3 cm³/mol. The Morgan fingerprint density at radius 3 is 2.29 bits per heavy atom. The molecule has 0 spiro atoms. The van der Waals surface area contributed by atoms with Crippen molar-refractivity contribution in [3.8, 4) is 0 Å². The highest BCUT2D eigenvalue weighted by molar-refractivity contribution is 6.42. The smallest absolute Gasteiger partial charge is 0.244 e. The molecule has 0 saturated carbocycles. The molecule has 0 aliphatic carbocycles.